The molecule has 110 valence electrons. The summed E-state index contributed by atoms with van der Waals surface area (Å²) in [5.74, 6) is -0.284. The van der Waals surface area contributed by atoms with Gasteiger partial charge in [-0.2, -0.15) is 0 Å². The molecule has 0 unspecified atom stereocenters. The highest BCUT2D eigenvalue weighted by molar-refractivity contribution is 14.1. The predicted octanol–water partition coefficient (Wildman–Crippen LogP) is 2.54. The van der Waals surface area contributed by atoms with Crippen LogP contribution >= 0.6 is 22.6 Å². The first-order valence-electron chi connectivity index (χ1n) is 6.54. The molecule has 0 fully saturated rings. The molecule has 1 atom stereocenters. The van der Waals surface area contributed by atoms with Gasteiger partial charge in [0.2, 0.25) is 5.91 Å². The van der Waals surface area contributed by atoms with Crippen molar-refractivity contribution in [1.82, 2.24) is 5.32 Å². The van der Waals surface area contributed by atoms with Crippen LogP contribution in [-0.2, 0) is 20.7 Å². The predicted molar refractivity (Wildman–Crippen MR) is 86.3 cm³/mol. The molecule has 0 aliphatic rings. The fourth-order valence-corrected chi connectivity index (χ4v) is 2.18. The summed E-state index contributed by atoms with van der Waals surface area (Å²) in [4.78, 5) is 23.6. The molecule has 0 aromatic heterocycles. The van der Waals surface area contributed by atoms with E-state index in [2.05, 4.69) is 27.9 Å². The van der Waals surface area contributed by atoms with Crippen LogP contribution in [0.25, 0.3) is 0 Å². The number of amides is 1. The van der Waals surface area contributed by atoms with Crippen LogP contribution in [0, 0.1) is 9.49 Å². The zero-order valence-electron chi connectivity index (χ0n) is 12.0. The van der Waals surface area contributed by atoms with Crippen LogP contribution in [-0.4, -0.2) is 25.0 Å². The van der Waals surface area contributed by atoms with Crippen LogP contribution in [0.15, 0.2) is 24.3 Å². The number of carbonyl (C=O) groups excluding carboxylic acids is 2. The molecular weight excluding hydrogens is 369 g/mol. The summed E-state index contributed by atoms with van der Waals surface area (Å²) in [5, 5.41) is 2.75. The van der Waals surface area contributed by atoms with Gasteiger partial charge < -0.3 is 10.1 Å². The number of carbonyl (C=O) groups is 2. The van der Waals surface area contributed by atoms with E-state index in [9.17, 15) is 9.59 Å². The Morgan fingerprint density at radius 1 is 1.25 bits per heavy atom. The number of methoxy groups -OCH3 is 1. The van der Waals surface area contributed by atoms with E-state index in [-0.39, 0.29) is 11.8 Å². The third-order valence-corrected chi connectivity index (χ3v) is 3.49. The molecule has 4 nitrogen and oxygen atoms in total. The van der Waals surface area contributed by atoms with Crippen molar-refractivity contribution in [1.29, 1.82) is 0 Å². The topological polar surface area (TPSA) is 55.4 Å². The van der Waals surface area contributed by atoms with Gasteiger partial charge in [-0.3, -0.25) is 4.79 Å². The number of hydrogen-bond acceptors (Lipinski definition) is 3. The lowest BCUT2D eigenvalue weighted by Crippen LogP contribution is -2.43. The Balaban J connectivity index is 2.72. The first-order valence-corrected chi connectivity index (χ1v) is 7.62. The highest BCUT2D eigenvalue weighted by atomic mass is 127. The molecule has 0 bridgehead atoms. The van der Waals surface area contributed by atoms with Gasteiger partial charge in [0.05, 0.1) is 7.11 Å². The van der Waals surface area contributed by atoms with Crippen molar-refractivity contribution in [2.75, 3.05) is 7.11 Å². The maximum Gasteiger partial charge on any atom is 0.328 e. The Morgan fingerprint density at radius 3 is 2.35 bits per heavy atom. The van der Waals surface area contributed by atoms with Crippen LogP contribution in [0.2, 0.25) is 0 Å². The van der Waals surface area contributed by atoms with Gasteiger partial charge in [-0.1, -0.05) is 26.0 Å². The maximum atomic E-state index is 11.8. The molecule has 1 amide bonds. The zero-order chi connectivity index (χ0) is 15.1. The summed E-state index contributed by atoms with van der Waals surface area (Å²) >= 11 is 2.22. The minimum Gasteiger partial charge on any atom is -0.467 e. The standard InChI is InChI=1S/C15H20INO3/c1-10(2)8-14(18)17-13(15(19)20-3)9-11-4-6-12(16)7-5-11/h4-7,10,13H,8-9H2,1-3H3,(H,17,18)/t13-/m1/s1. The third-order valence-electron chi connectivity index (χ3n) is 2.77. The van der Waals surface area contributed by atoms with Gasteiger partial charge in [-0.15, -0.1) is 0 Å². The maximum absolute atomic E-state index is 11.8. The second kappa shape index (κ2) is 8.24. The van der Waals surface area contributed by atoms with E-state index < -0.39 is 12.0 Å². The summed E-state index contributed by atoms with van der Waals surface area (Å²) in [6.07, 6.45) is 0.841. The number of nitrogens with one attached hydrogen (secondary N) is 1. The van der Waals surface area contributed by atoms with Crippen LogP contribution in [0.4, 0.5) is 0 Å². The summed E-state index contributed by atoms with van der Waals surface area (Å²) < 4.78 is 5.89. The Bertz CT molecular complexity index is 457. The van der Waals surface area contributed by atoms with Gasteiger partial charge in [0.1, 0.15) is 6.04 Å². The molecule has 1 aromatic rings. The summed E-state index contributed by atoms with van der Waals surface area (Å²) in [6.45, 7) is 3.93. The summed E-state index contributed by atoms with van der Waals surface area (Å²) in [5.41, 5.74) is 0.991. The van der Waals surface area contributed by atoms with Crippen LogP contribution in [0.5, 0.6) is 0 Å². The number of benzene rings is 1. The lowest BCUT2D eigenvalue weighted by atomic mass is 10.0. The third kappa shape index (κ3) is 5.90. The van der Waals surface area contributed by atoms with Gasteiger partial charge in [-0.25, -0.2) is 4.79 Å². The van der Waals surface area contributed by atoms with Crippen molar-refractivity contribution >= 4 is 34.5 Å². The van der Waals surface area contributed by atoms with Gasteiger partial charge in [0.25, 0.3) is 0 Å². The number of esters is 1. The van der Waals surface area contributed by atoms with Crippen LogP contribution in [0.1, 0.15) is 25.8 Å². The van der Waals surface area contributed by atoms with E-state index >= 15 is 0 Å². The van der Waals surface area contributed by atoms with Gasteiger partial charge in [0, 0.05) is 16.4 Å². The molecule has 0 spiro atoms. The summed E-state index contributed by atoms with van der Waals surface area (Å²) in [6, 6.07) is 7.21. The second-order valence-corrected chi connectivity index (χ2v) is 6.32. The van der Waals surface area contributed by atoms with Crippen LogP contribution in [0.3, 0.4) is 0 Å². The first kappa shape index (κ1) is 16.9. The smallest absolute Gasteiger partial charge is 0.328 e. The second-order valence-electron chi connectivity index (χ2n) is 5.07. The van der Waals surface area contributed by atoms with E-state index in [1.165, 1.54) is 7.11 Å². The lowest BCUT2D eigenvalue weighted by molar-refractivity contribution is -0.145. The fourth-order valence-electron chi connectivity index (χ4n) is 1.82. The molecule has 0 heterocycles. The Morgan fingerprint density at radius 2 is 1.85 bits per heavy atom. The molecule has 5 heteroatoms. The van der Waals surface area contributed by atoms with E-state index in [0.29, 0.717) is 12.8 Å². The number of halogens is 1. The van der Waals surface area contributed by atoms with Crippen molar-refractivity contribution in [3.05, 3.63) is 33.4 Å². The molecule has 0 aliphatic carbocycles. The highest BCUT2D eigenvalue weighted by Gasteiger charge is 2.22. The van der Waals surface area contributed by atoms with Gasteiger partial charge in [0.15, 0.2) is 0 Å². The first-order chi connectivity index (χ1) is 9.42. The van der Waals surface area contributed by atoms with Gasteiger partial charge in [-0.05, 0) is 46.2 Å². The molecule has 1 rings (SSSR count). The SMILES string of the molecule is COC(=O)[C@@H](Cc1ccc(I)cc1)NC(=O)CC(C)C. The Labute approximate surface area is 133 Å². The average molecular weight is 389 g/mol. The molecule has 0 saturated carbocycles. The quantitative estimate of drug-likeness (QED) is 0.601. The zero-order valence-corrected chi connectivity index (χ0v) is 14.1. The van der Waals surface area contributed by atoms with Crippen molar-refractivity contribution in [2.45, 2.75) is 32.7 Å². The van der Waals surface area contributed by atoms with Crippen molar-refractivity contribution in [3.63, 3.8) is 0 Å². The van der Waals surface area contributed by atoms with Crippen LogP contribution < -0.4 is 5.32 Å². The average Bonchev–Trinajstić information content (AvgIpc) is 2.38. The minimum atomic E-state index is -0.633. The van der Waals surface area contributed by atoms with Crippen molar-refractivity contribution in [3.8, 4) is 0 Å². The minimum absolute atomic E-state index is 0.124. The molecular formula is C15H20INO3. The van der Waals surface area contributed by atoms with Crippen molar-refractivity contribution < 1.29 is 14.3 Å². The molecule has 0 saturated heterocycles. The Kier molecular flexibility index (Phi) is 6.98. The largest absolute Gasteiger partial charge is 0.467 e. The van der Waals surface area contributed by atoms with E-state index in [1.807, 2.05) is 38.1 Å². The number of hydrogen-bond donors (Lipinski definition) is 1. The lowest BCUT2D eigenvalue weighted by Gasteiger charge is -2.17. The van der Waals surface area contributed by atoms with Crippen molar-refractivity contribution in [2.24, 2.45) is 5.92 Å². The summed E-state index contributed by atoms with van der Waals surface area (Å²) in [7, 11) is 1.33. The highest BCUT2D eigenvalue weighted by Crippen LogP contribution is 2.10. The van der Waals surface area contributed by atoms with E-state index in [4.69, 9.17) is 4.74 Å². The van der Waals surface area contributed by atoms with E-state index in [1.54, 1.807) is 0 Å². The molecule has 0 aliphatic heterocycles. The molecule has 20 heavy (non-hydrogen) atoms. The molecule has 1 aromatic carbocycles. The monoisotopic (exact) mass is 389 g/mol. The van der Waals surface area contributed by atoms with E-state index in [0.717, 1.165) is 9.13 Å². The molecule has 1 N–H and O–H groups in total. The molecule has 0 radical (unpaired) electrons. The fraction of sp³-hybridized carbons (Fsp3) is 0.467. The van der Waals surface area contributed by atoms with Gasteiger partial charge >= 0.3 is 5.97 Å². The number of ether oxygens (including phenoxy) is 1. The normalized spacial score (nSPS) is 12.1. The Hall–Kier alpha value is -1.11. The number of rotatable bonds is 6.